The Kier molecular flexibility index (Phi) is 25.3. The molecule has 0 aromatic carbocycles. The highest BCUT2D eigenvalue weighted by molar-refractivity contribution is 5.70. The third kappa shape index (κ3) is 20.7. The molecule has 43 heavy (non-hydrogen) atoms. The van der Waals surface area contributed by atoms with E-state index in [1.54, 1.807) is 6.92 Å². The van der Waals surface area contributed by atoms with Gasteiger partial charge in [-0.15, -0.1) is 6.58 Å². The topological polar surface area (TPSA) is 115 Å². The lowest BCUT2D eigenvalue weighted by atomic mass is 9.95. The molecule has 0 radical (unpaired) electrons. The molecular formula is C36H67NO6. The fourth-order valence-electron chi connectivity index (χ4n) is 6.42. The van der Waals surface area contributed by atoms with Crippen LogP contribution >= 0.6 is 0 Å². The number of quaternary nitrogens is 1. The molecule has 0 fully saturated rings. The number of carbonyl (C=O) groups excluding carboxylic acids is 1. The van der Waals surface area contributed by atoms with Gasteiger partial charge in [-0.05, 0) is 44.9 Å². The second-order valence-corrected chi connectivity index (χ2v) is 13.0. The van der Waals surface area contributed by atoms with E-state index in [0.717, 1.165) is 25.7 Å². The first-order valence-corrected chi connectivity index (χ1v) is 17.8. The first-order chi connectivity index (χ1) is 20.7. The number of allylic oxidation sites excluding steroid dienone is 1. The molecule has 0 aromatic heterocycles. The van der Waals surface area contributed by atoms with Crippen LogP contribution in [0.5, 0.6) is 0 Å². The summed E-state index contributed by atoms with van der Waals surface area (Å²) < 4.78 is 0.220. The van der Waals surface area contributed by atoms with Gasteiger partial charge in [0, 0.05) is 5.92 Å². The van der Waals surface area contributed by atoms with Crippen molar-refractivity contribution < 1.29 is 34.2 Å². The number of nitrogens with zero attached hydrogens (tertiary/aromatic N) is 1. The molecule has 7 heteroatoms. The van der Waals surface area contributed by atoms with Crippen molar-refractivity contribution in [1.29, 1.82) is 0 Å². The maximum absolute atomic E-state index is 12.0. The van der Waals surface area contributed by atoms with E-state index in [-0.39, 0.29) is 24.1 Å². The van der Waals surface area contributed by atoms with Gasteiger partial charge in [0.1, 0.15) is 11.8 Å². The minimum absolute atomic E-state index is 0.220. The number of carbonyl (C=O) groups is 3. The van der Waals surface area contributed by atoms with E-state index in [1.807, 2.05) is 19.9 Å². The number of unbranched alkanes of at least 4 members (excludes halogenated alkanes) is 17. The fourth-order valence-corrected chi connectivity index (χ4v) is 6.42. The van der Waals surface area contributed by atoms with Crippen molar-refractivity contribution in [3.05, 3.63) is 12.7 Å². The Balaban J connectivity index is 4.58. The van der Waals surface area contributed by atoms with E-state index in [4.69, 9.17) is 0 Å². The summed E-state index contributed by atoms with van der Waals surface area (Å²) in [5.74, 6) is -4.94. The second kappa shape index (κ2) is 26.5. The van der Waals surface area contributed by atoms with Gasteiger partial charge >= 0.3 is 11.9 Å². The summed E-state index contributed by atoms with van der Waals surface area (Å²) in [5, 5.41) is 31.5. The van der Waals surface area contributed by atoms with Crippen molar-refractivity contribution in [2.24, 2.45) is 17.8 Å². The maximum Gasteiger partial charge on any atom is 0.312 e. The zero-order valence-electron chi connectivity index (χ0n) is 28.2. The first-order valence-electron chi connectivity index (χ1n) is 17.8. The number of hydrogen-bond donors (Lipinski definition) is 2. The van der Waals surface area contributed by atoms with Crippen LogP contribution < -0.4 is 5.11 Å². The largest absolute Gasteiger partial charge is 0.550 e. The standard InChI is InChI=1S/C36H67NO6/c1-5-9-10-11-12-13-14-15-16-17-18-19-20-21-22-23-24-25-26-27-37(28-31(6-2)34(38)39,29-32(7-3)35(40)41)30-33(8-4)36(42)43/h5,31-33H,1,6-30H2,2-4H3,(H2-,38,39,40,41,42,43). The van der Waals surface area contributed by atoms with Crippen molar-refractivity contribution in [1.82, 2.24) is 0 Å². The van der Waals surface area contributed by atoms with Crippen LogP contribution in [0.4, 0.5) is 0 Å². The third-order valence-electron chi connectivity index (χ3n) is 9.37. The molecule has 3 atom stereocenters. The number of rotatable bonds is 32. The van der Waals surface area contributed by atoms with Gasteiger partial charge in [0.05, 0.1) is 32.1 Å². The van der Waals surface area contributed by atoms with Crippen molar-refractivity contribution in [2.75, 3.05) is 26.2 Å². The molecule has 0 spiro atoms. The maximum atomic E-state index is 12.0. The van der Waals surface area contributed by atoms with Crippen molar-refractivity contribution >= 4 is 17.9 Å². The summed E-state index contributed by atoms with van der Waals surface area (Å²) in [6.45, 7) is 10.6. The highest BCUT2D eigenvalue weighted by atomic mass is 16.4. The molecule has 0 saturated carbocycles. The van der Waals surface area contributed by atoms with Gasteiger partial charge in [-0.1, -0.05) is 117 Å². The Morgan fingerprint density at radius 3 is 1.16 bits per heavy atom. The summed E-state index contributed by atoms with van der Waals surface area (Å²) >= 11 is 0. The van der Waals surface area contributed by atoms with Crippen molar-refractivity contribution in [2.45, 2.75) is 156 Å². The fraction of sp³-hybridized carbons (Fsp3) is 0.861. The summed E-state index contributed by atoms with van der Waals surface area (Å²) in [7, 11) is 0. The van der Waals surface area contributed by atoms with Gasteiger partial charge < -0.3 is 24.6 Å². The van der Waals surface area contributed by atoms with E-state index in [0.29, 0.717) is 25.8 Å². The molecule has 0 aliphatic rings. The molecule has 0 aliphatic carbocycles. The molecule has 0 bridgehead atoms. The Morgan fingerprint density at radius 2 is 0.884 bits per heavy atom. The molecule has 3 unspecified atom stereocenters. The molecule has 252 valence electrons. The first kappa shape index (κ1) is 41.1. The predicted octanol–water partition coefficient (Wildman–Crippen LogP) is 8.01. The van der Waals surface area contributed by atoms with Crippen LogP contribution in [-0.2, 0) is 14.4 Å². The lowest BCUT2D eigenvalue weighted by molar-refractivity contribution is -0.935. The van der Waals surface area contributed by atoms with Crippen LogP contribution in [0, 0.1) is 17.8 Å². The minimum atomic E-state index is -1.14. The van der Waals surface area contributed by atoms with Gasteiger partial charge in [-0.25, -0.2) is 0 Å². The summed E-state index contributed by atoms with van der Waals surface area (Å²) in [4.78, 5) is 35.8. The molecular weight excluding hydrogens is 542 g/mol. The van der Waals surface area contributed by atoms with Crippen molar-refractivity contribution in [3.8, 4) is 0 Å². The van der Waals surface area contributed by atoms with Crippen LogP contribution in [0.15, 0.2) is 12.7 Å². The number of hydrogen-bond acceptors (Lipinski definition) is 4. The monoisotopic (exact) mass is 609 g/mol. The predicted molar refractivity (Wildman–Crippen MR) is 175 cm³/mol. The van der Waals surface area contributed by atoms with Crippen LogP contribution in [0.25, 0.3) is 0 Å². The van der Waals surface area contributed by atoms with Crippen LogP contribution in [0.1, 0.15) is 156 Å². The average Bonchev–Trinajstić information content (AvgIpc) is 2.98. The average molecular weight is 610 g/mol. The quantitative estimate of drug-likeness (QED) is 0.0454. The van der Waals surface area contributed by atoms with Gasteiger partial charge in [0.15, 0.2) is 0 Å². The molecule has 0 amide bonds. The molecule has 0 saturated heterocycles. The Bertz CT molecular complexity index is 679. The molecule has 2 N–H and O–H groups in total. The summed E-state index contributed by atoms with van der Waals surface area (Å²) in [5.41, 5.74) is 0. The Morgan fingerprint density at radius 1 is 0.581 bits per heavy atom. The molecule has 7 nitrogen and oxygen atoms in total. The van der Waals surface area contributed by atoms with Gasteiger partial charge in [-0.2, -0.15) is 0 Å². The highest BCUT2D eigenvalue weighted by Crippen LogP contribution is 2.25. The summed E-state index contributed by atoms with van der Waals surface area (Å²) in [6, 6.07) is 0. The smallest absolute Gasteiger partial charge is 0.312 e. The Labute approximate surface area is 264 Å². The highest BCUT2D eigenvalue weighted by Gasteiger charge is 2.39. The lowest BCUT2D eigenvalue weighted by Gasteiger charge is -2.44. The second-order valence-electron chi connectivity index (χ2n) is 13.0. The normalized spacial score (nSPS) is 15.0. The van der Waals surface area contributed by atoms with Crippen LogP contribution in [0.2, 0.25) is 0 Å². The van der Waals surface area contributed by atoms with E-state index < -0.39 is 35.7 Å². The summed E-state index contributed by atoms with van der Waals surface area (Å²) in [6.07, 6.45) is 25.8. The van der Waals surface area contributed by atoms with E-state index in [1.165, 1.54) is 89.9 Å². The van der Waals surface area contributed by atoms with E-state index in [2.05, 4.69) is 6.58 Å². The molecule has 0 aliphatic heterocycles. The van der Waals surface area contributed by atoms with Gasteiger partial charge in [-0.3, -0.25) is 9.59 Å². The van der Waals surface area contributed by atoms with Crippen LogP contribution in [-0.4, -0.2) is 58.8 Å². The number of aliphatic carboxylic acids is 3. The minimum Gasteiger partial charge on any atom is -0.550 e. The van der Waals surface area contributed by atoms with E-state index >= 15 is 0 Å². The lowest BCUT2D eigenvalue weighted by Crippen LogP contribution is -2.59. The Hall–Kier alpha value is -1.89. The van der Waals surface area contributed by atoms with Crippen LogP contribution in [0.3, 0.4) is 0 Å². The van der Waals surface area contributed by atoms with Gasteiger partial charge in [0.2, 0.25) is 0 Å². The van der Waals surface area contributed by atoms with Crippen molar-refractivity contribution in [3.63, 3.8) is 0 Å². The zero-order chi connectivity index (χ0) is 32.3. The molecule has 0 rings (SSSR count). The number of carboxylic acids is 3. The SMILES string of the molecule is C=CCCCCCCCCCCCCCCCCCCC[N+](CC(CC)C(=O)[O-])(CC(CC)C(=O)O)CC(CC)C(=O)O. The third-order valence-corrected chi connectivity index (χ3v) is 9.37. The molecule has 0 aromatic rings. The molecule has 0 heterocycles. The van der Waals surface area contributed by atoms with E-state index in [9.17, 15) is 29.7 Å². The zero-order valence-corrected chi connectivity index (χ0v) is 28.2. The number of carboxylic acid groups (broad SMARTS) is 3. The van der Waals surface area contributed by atoms with Gasteiger partial charge in [0.25, 0.3) is 0 Å².